The molecule has 1 aromatic rings. The van der Waals surface area contributed by atoms with Gasteiger partial charge in [-0.3, -0.25) is 4.79 Å². The minimum absolute atomic E-state index is 0.0358. The van der Waals surface area contributed by atoms with Gasteiger partial charge in [0.1, 0.15) is 5.82 Å². The van der Waals surface area contributed by atoms with Gasteiger partial charge in [0.05, 0.1) is 6.42 Å². The molecule has 0 aliphatic heterocycles. The van der Waals surface area contributed by atoms with Crippen LogP contribution in [-0.2, 0) is 11.2 Å². The van der Waals surface area contributed by atoms with Crippen molar-refractivity contribution < 1.29 is 9.18 Å². The highest BCUT2D eigenvalue weighted by atomic mass is 32.1. The van der Waals surface area contributed by atoms with Gasteiger partial charge in [0.15, 0.2) is 5.11 Å². The fraction of sp³-hybridized carbons (Fsp3) is 0.111. The van der Waals surface area contributed by atoms with Crippen molar-refractivity contribution in [3.05, 3.63) is 35.6 Å². The highest BCUT2D eigenvalue weighted by molar-refractivity contribution is 7.80. The Balaban J connectivity index is 2.66. The maximum absolute atomic E-state index is 12.6. The predicted octanol–water partition coefficient (Wildman–Crippen LogP) is 0.314. The van der Waals surface area contributed by atoms with Crippen molar-refractivity contribution in [2.75, 3.05) is 0 Å². The number of hydrazine groups is 1. The summed E-state index contributed by atoms with van der Waals surface area (Å²) < 4.78 is 12.6. The summed E-state index contributed by atoms with van der Waals surface area (Å²) in [7, 11) is 0. The molecule has 0 atom stereocenters. The first-order valence-corrected chi connectivity index (χ1v) is 4.53. The molecular weight excluding hydrogens is 217 g/mol. The molecular formula is C9H10FN3OS. The summed E-state index contributed by atoms with van der Waals surface area (Å²) in [5.74, 6) is 4.49. The van der Waals surface area contributed by atoms with Gasteiger partial charge in [-0.1, -0.05) is 12.1 Å². The van der Waals surface area contributed by atoms with Crippen LogP contribution >= 0.6 is 12.2 Å². The first-order valence-electron chi connectivity index (χ1n) is 4.12. The van der Waals surface area contributed by atoms with Gasteiger partial charge in [0.2, 0.25) is 5.91 Å². The van der Waals surface area contributed by atoms with Gasteiger partial charge in [-0.15, -0.1) is 0 Å². The molecule has 0 saturated heterocycles. The van der Waals surface area contributed by atoms with E-state index in [1.165, 1.54) is 24.3 Å². The molecule has 1 rings (SSSR count). The van der Waals surface area contributed by atoms with E-state index in [2.05, 4.69) is 12.2 Å². The third-order valence-corrected chi connectivity index (χ3v) is 1.97. The summed E-state index contributed by atoms with van der Waals surface area (Å²) in [6, 6.07) is 5.54. The Morgan fingerprint density at radius 3 is 2.40 bits per heavy atom. The summed E-state index contributed by atoms with van der Waals surface area (Å²) in [5, 5.41) is 0.501. The van der Waals surface area contributed by atoms with E-state index in [0.717, 1.165) is 0 Å². The fourth-order valence-corrected chi connectivity index (χ4v) is 1.09. The molecule has 0 bridgehead atoms. The minimum atomic E-state index is -0.436. The van der Waals surface area contributed by atoms with Gasteiger partial charge in [0, 0.05) is 0 Å². The van der Waals surface area contributed by atoms with Crippen LogP contribution < -0.4 is 11.6 Å². The minimum Gasteiger partial charge on any atom is -0.375 e. The van der Waals surface area contributed by atoms with Crippen LogP contribution in [0.3, 0.4) is 0 Å². The maximum Gasteiger partial charge on any atom is 0.247 e. The van der Waals surface area contributed by atoms with Crippen molar-refractivity contribution in [3.63, 3.8) is 0 Å². The Labute approximate surface area is 91.6 Å². The molecule has 0 aliphatic carbocycles. The second-order valence-corrected chi connectivity index (χ2v) is 3.32. The van der Waals surface area contributed by atoms with E-state index in [4.69, 9.17) is 11.6 Å². The molecule has 0 heterocycles. The molecule has 15 heavy (non-hydrogen) atoms. The molecule has 0 radical (unpaired) electrons. The molecule has 0 fully saturated rings. The van der Waals surface area contributed by atoms with Crippen molar-refractivity contribution in [3.8, 4) is 0 Å². The molecule has 0 saturated carbocycles. The zero-order valence-corrected chi connectivity index (χ0v) is 8.63. The van der Waals surface area contributed by atoms with E-state index in [1.807, 2.05) is 0 Å². The van der Waals surface area contributed by atoms with Crippen molar-refractivity contribution in [1.29, 1.82) is 0 Å². The Bertz CT molecular complexity index is 379. The third-order valence-electron chi connectivity index (χ3n) is 1.77. The molecule has 1 amide bonds. The number of nitrogens with zero attached hydrogens (tertiary/aromatic N) is 1. The summed E-state index contributed by atoms with van der Waals surface area (Å²) in [4.78, 5) is 11.4. The van der Waals surface area contributed by atoms with Crippen LogP contribution in [0.1, 0.15) is 5.56 Å². The largest absolute Gasteiger partial charge is 0.375 e. The van der Waals surface area contributed by atoms with Gasteiger partial charge >= 0.3 is 0 Å². The highest BCUT2D eigenvalue weighted by Crippen LogP contribution is 2.04. The van der Waals surface area contributed by atoms with E-state index >= 15 is 0 Å². The number of carbonyl (C=O) groups excluding carboxylic acids is 1. The van der Waals surface area contributed by atoms with Crippen LogP contribution in [0.15, 0.2) is 24.3 Å². The van der Waals surface area contributed by atoms with Crippen LogP contribution in [0.25, 0.3) is 0 Å². The lowest BCUT2D eigenvalue weighted by Gasteiger charge is -2.13. The molecule has 1 aromatic carbocycles. The summed E-state index contributed by atoms with van der Waals surface area (Å²) in [5.41, 5.74) is 5.81. The molecule has 0 aliphatic rings. The quantitative estimate of drug-likeness (QED) is 0.330. The van der Waals surface area contributed by atoms with Crippen molar-refractivity contribution in [2.45, 2.75) is 6.42 Å². The first-order chi connectivity index (χ1) is 7.00. The number of hydrogen-bond donors (Lipinski definition) is 2. The van der Waals surface area contributed by atoms with Gasteiger partial charge in [0.25, 0.3) is 0 Å². The lowest BCUT2D eigenvalue weighted by Crippen LogP contribution is -2.46. The number of carbonyl (C=O) groups is 1. The SMILES string of the molecule is NC(=S)N(N)C(=O)Cc1ccc(F)cc1. The van der Waals surface area contributed by atoms with Gasteiger partial charge in [-0.25, -0.2) is 15.2 Å². The normalized spacial score (nSPS) is 9.73. The number of benzene rings is 1. The topological polar surface area (TPSA) is 72.3 Å². The predicted molar refractivity (Wildman–Crippen MR) is 57.9 cm³/mol. The van der Waals surface area contributed by atoms with Crippen LogP contribution in [0, 0.1) is 5.82 Å². The smallest absolute Gasteiger partial charge is 0.247 e. The van der Waals surface area contributed by atoms with E-state index in [1.54, 1.807) is 0 Å². The summed E-state index contributed by atoms with van der Waals surface area (Å²) in [6.07, 6.45) is 0.0358. The van der Waals surface area contributed by atoms with Crippen molar-refractivity contribution in [2.24, 2.45) is 11.6 Å². The fourth-order valence-electron chi connectivity index (χ4n) is 0.985. The van der Waals surface area contributed by atoms with Crippen LogP contribution in [0.5, 0.6) is 0 Å². The Kier molecular flexibility index (Phi) is 3.70. The highest BCUT2D eigenvalue weighted by Gasteiger charge is 2.12. The van der Waals surface area contributed by atoms with E-state index < -0.39 is 5.91 Å². The number of hydrogen-bond acceptors (Lipinski definition) is 3. The molecule has 0 aromatic heterocycles. The molecule has 4 nitrogen and oxygen atoms in total. The van der Waals surface area contributed by atoms with E-state index in [0.29, 0.717) is 10.6 Å². The molecule has 6 heteroatoms. The number of thiocarbonyl (C=S) groups is 1. The van der Waals surface area contributed by atoms with Crippen LogP contribution in [0.4, 0.5) is 4.39 Å². The van der Waals surface area contributed by atoms with E-state index in [-0.39, 0.29) is 17.4 Å². The lowest BCUT2D eigenvalue weighted by molar-refractivity contribution is -0.126. The Hall–Kier alpha value is -1.53. The summed E-state index contributed by atoms with van der Waals surface area (Å²) >= 11 is 4.53. The number of nitrogens with two attached hydrogens (primary N) is 2. The number of rotatable bonds is 2. The average Bonchev–Trinajstić information content (AvgIpc) is 2.20. The Morgan fingerprint density at radius 1 is 1.40 bits per heavy atom. The second kappa shape index (κ2) is 4.81. The first kappa shape index (κ1) is 11.5. The van der Waals surface area contributed by atoms with Crippen LogP contribution in [0.2, 0.25) is 0 Å². The monoisotopic (exact) mass is 227 g/mol. The molecule has 4 N–H and O–H groups in total. The average molecular weight is 227 g/mol. The molecule has 0 spiro atoms. The lowest BCUT2D eigenvalue weighted by atomic mass is 10.1. The number of amides is 1. The van der Waals surface area contributed by atoms with Gasteiger partial charge in [-0.2, -0.15) is 0 Å². The standard InChI is InChI=1S/C9H10FN3OS/c10-7-3-1-6(2-4-7)5-8(14)13(12)9(11)15/h1-4H,5,12H2,(H2,11,15). The van der Waals surface area contributed by atoms with Gasteiger partial charge < -0.3 is 5.73 Å². The molecule has 80 valence electrons. The van der Waals surface area contributed by atoms with Crippen molar-refractivity contribution in [1.82, 2.24) is 5.01 Å². The maximum atomic E-state index is 12.6. The van der Waals surface area contributed by atoms with E-state index in [9.17, 15) is 9.18 Å². The van der Waals surface area contributed by atoms with Crippen molar-refractivity contribution >= 4 is 23.2 Å². The summed E-state index contributed by atoms with van der Waals surface area (Å²) in [6.45, 7) is 0. The Morgan fingerprint density at radius 2 is 1.93 bits per heavy atom. The third kappa shape index (κ3) is 3.26. The zero-order chi connectivity index (χ0) is 11.4. The van der Waals surface area contributed by atoms with Gasteiger partial charge in [-0.05, 0) is 29.9 Å². The second-order valence-electron chi connectivity index (χ2n) is 2.91. The van der Waals surface area contributed by atoms with Crippen LogP contribution in [-0.4, -0.2) is 16.0 Å². The zero-order valence-electron chi connectivity index (χ0n) is 7.81. The number of halogens is 1. The molecule has 0 unspecified atom stereocenters.